The zero-order chi connectivity index (χ0) is 40.9. The van der Waals surface area contributed by atoms with Crippen LogP contribution < -0.4 is 21.3 Å². The van der Waals surface area contributed by atoms with Gasteiger partial charge in [-0.05, 0) is 49.8 Å². The molecule has 0 radical (unpaired) electrons. The molecule has 1 aliphatic heterocycles. The third-order valence-corrected chi connectivity index (χ3v) is 8.36. The third-order valence-electron chi connectivity index (χ3n) is 8.36. The summed E-state index contributed by atoms with van der Waals surface area (Å²) in [5.74, 6) is 0.0871. The van der Waals surface area contributed by atoms with Crippen molar-refractivity contribution in [1.29, 1.82) is 0 Å². The topological polar surface area (TPSA) is 289 Å². The third kappa shape index (κ3) is 16.7. The number of benzene rings is 1. The first-order valence-corrected chi connectivity index (χ1v) is 18.2. The number of esters is 1. The highest BCUT2D eigenvalue weighted by Crippen LogP contribution is 2.29. The van der Waals surface area contributed by atoms with Crippen LogP contribution in [-0.2, 0) is 54.4 Å². The van der Waals surface area contributed by atoms with Gasteiger partial charge < -0.3 is 59.6 Å². The molecular formula is C36H55N3O16. The fourth-order valence-electron chi connectivity index (χ4n) is 5.37. The van der Waals surface area contributed by atoms with Gasteiger partial charge >= 0.3 is 11.9 Å². The Labute approximate surface area is 319 Å². The molecule has 2 rings (SSSR count). The number of hydrogen-bond donors (Lipinski definition) is 7. The van der Waals surface area contributed by atoms with E-state index < -0.39 is 72.2 Å². The number of ketones is 2. The van der Waals surface area contributed by atoms with Crippen LogP contribution in [0.15, 0.2) is 18.2 Å². The van der Waals surface area contributed by atoms with E-state index in [-0.39, 0.29) is 62.9 Å². The van der Waals surface area contributed by atoms with Gasteiger partial charge in [-0.1, -0.05) is 19.9 Å². The second-order valence-electron chi connectivity index (χ2n) is 13.0. The van der Waals surface area contributed by atoms with Crippen molar-refractivity contribution >= 4 is 35.3 Å². The number of carboxylic acids is 1. The molecule has 8 N–H and O–H groups in total. The first-order valence-electron chi connectivity index (χ1n) is 18.2. The van der Waals surface area contributed by atoms with Gasteiger partial charge in [-0.15, -0.1) is 0 Å². The van der Waals surface area contributed by atoms with Gasteiger partial charge in [-0.2, -0.15) is 0 Å². The zero-order valence-electron chi connectivity index (χ0n) is 31.4. The minimum atomic E-state index is -1.96. The summed E-state index contributed by atoms with van der Waals surface area (Å²) in [4.78, 5) is 79.3. The molecule has 0 unspecified atom stereocenters. The number of unbranched alkanes of at least 4 members (excludes halogenated alkanes) is 1. The number of aliphatic hydroxyl groups is 3. The number of ether oxygens (including phenoxy) is 5. The smallest absolute Gasteiger partial charge is 0.335 e. The van der Waals surface area contributed by atoms with Crippen LogP contribution in [0.3, 0.4) is 0 Å². The number of hydrogen-bond acceptors (Lipinski definition) is 16. The molecule has 1 fully saturated rings. The van der Waals surface area contributed by atoms with Gasteiger partial charge in [0.15, 0.2) is 17.7 Å². The second-order valence-corrected chi connectivity index (χ2v) is 13.0. The van der Waals surface area contributed by atoms with E-state index >= 15 is 0 Å². The van der Waals surface area contributed by atoms with Crippen molar-refractivity contribution in [1.82, 2.24) is 10.6 Å². The Balaban J connectivity index is 2.00. The van der Waals surface area contributed by atoms with Crippen molar-refractivity contribution in [2.45, 2.75) is 109 Å². The Hall–Kier alpha value is -4.08. The summed E-state index contributed by atoms with van der Waals surface area (Å²) in [6.07, 6.45) is -7.32. The molecule has 0 saturated carbocycles. The number of carbonyl (C=O) groups is 6. The van der Waals surface area contributed by atoms with E-state index in [1.807, 2.05) is 6.92 Å². The normalized spacial score (nSPS) is 20.5. The maximum Gasteiger partial charge on any atom is 0.335 e. The van der Waals surface area contributed by atoms with E-state index in [1.54, 1.807) is 0 Å². The van der Waals surface area contributed by atoms with Crippen molar-refractivity contribution in [3.63, 3.8) is 0 Å². The summed E-state index contributed by atoms with van der Waals surface area (Å²) in [5, 5.41) is 45.5. The predicted octanol–water partition coefficient (Wildman–Crippen LogP) is -0.316. The Kier molecular flexibility index (Phi) is 21.5. The van der Waals surface area contributed by atoms with E-state index in [2.05, 4.69) is 15.5 Å². The maximum absolute atomic E-state index is 13.6. The zero-order valence-corrected chi connectivity index (χ0v) is 31.4. The minimum absolute atomic E-state index is 0.112. The Morgan fingerprint density at radius 2 is 1.67 bits per heavy atom. The molecule has 19 heteroatoms. The molecule has 7 atom stereocenters. The largest absolute Gasteiger partial charge is 0.479 e. The van der Waals surface area contributed by atoms with Crippen molar-refractivity contribution in [2.75, 3.05) is 39.6 Å². The van der Waals surface area contributed by atoms with E-state index in [0.717, 1.165) is 6.42 Å². The Morgan fingerprint density at radius 3 is 2.35 bits per heavy atom. The standard InChI is InChI=1S/C36H55N3O16/c1-4-13-50-15-16-51-20-29(43)39-25(26(41)9-7-14-53-37)8-5-6-12-38-34(47)21(2)17-27(42)24-18-23(19-52-22(3)40)10-11-28(24)54-36-32(46)30(44)31(45)33(55-36)35(48)49/h10-11,18,21,25,30-33,36,44-46H,4-9,12-17,19-20,37H2,1-3H3,(H,38,47)(H,39,43)(H,48,49)/t21-,25+,30+,31+,32-,33+,36-/m1/s1. The molecule has 19 nitrogen and oxygen atoms in total. The van der Waals surface area contributed by atoms with Crippen molar-refractivity contribution in [3.8, 4) is 5.75 Å². The molecule has 0 aliphatic carbocycles. The lowest BCUT2D eigenvalue weighted by Gasteiger charge is -2.38. The molecule has 0 spiro atoms. The number of amides is 2. The number of carbonyl (C=O) groups excluding carboxylic acids is 5. The fourth-order valence-corrected chi connectivity index (χ4v) is 5.37. The van der Waals surface area contributed by atoms with E-state index in [9.17, 15) is 49.2 Å². The molecule has 0 aromatic heterocycles. The lowest BCUT2D eigenvalue weighted by molar-refractivity contribution is -0.271. The number of nitrogens with two attached hydrogens (primary N) is 1. The number of carboxylic acid groups (broad SMARTS) is 1. The number of rotatable bonds is 27. The number of Topliss-reactive ketones (excluding diaryl/α,β-unsaturated/α-hetero) is 2. The molecule has 55 heavy (non-hydrogen) atoms. The van der Waals surface area contributed by atoms with Gasteiger partial charge in [0.25, 0.3) is 0 Å². The highest BCUT2D eigenvalue weighted by molar-refractivity contribution is 6.01. The Bertz CT molecular complexity index is 1410. The van der Waals surface area contributed by atoms with Gasteiger partial charge in [0.05, 0.1) is 31.4 Å². The molecule has 310 valence electrons. The van der Waals surface area contributed by atoms with Crippen LogP contribution in [0.4, 0.5) is 0 Å². The average molecular weight is 786 g/mol. The Morgan fingerprint density at radius 1 is 0.945 bits per heavy atom. The first-order chi connectivity index (χ1) is 26.2. The molecule has 2 amide bonds. The summed E-state index contributed by atoms with van der Waals surface area (Å²) in [5.41, 5.74) is 0.260. The van der Waals surface area contributed by atoms with Crippen LogP contribution in [0.25, 0.3) is 0 Å². The molecular weight excluding hydrogens is 730 g/mol. The summed E-state index contributed by atoms with van der Waals surface area (Å²) >= 11 is 0. The monoisotopic (exact) mass is 785 g/mol. The maximum atomic E-state index is 13.6. The number of nitrogens with one attached hydrogen (secondary N) is 2. The number of aliphatic hydroxyl groups excluding tert-OH is 3. The van der Waals surface area contributed by atoms with Gasteiger partial charge in [0, 0.05) is 38.8 Å². The van der Waals surface area contributed by atoms with Crippen LogP contribution >= 0.6 is 0 Å². The van der Waals surface area contributed by atoms with E-state index in [4.69, 9.17) is 29.6 Å². The minimum Gasteiger partial charge on any atom is -0.479 e. The van der Waals surface area contributed by atoms with Gasteiger partial charge in [0.2, 0.25) is 18.1 Å². The van der Waals surface area contributed by atoms with Crippen molar-refractivity contribution in [3.05, 3.63) is 29.3 Å². The van der Waals surface area contributed by atoms with E-state index in [0.29, 0.717) is 44.5 Å². The van der Waals surface area contributed by atoms with E-state index in [1.165, 1.54) is 32.0 Å². The molecule has 1 heterocycles. The van der Waals surface area contributed by atoms with Gasteiger partial charge in [0.1, 0.15) is 37.3 Å². The molecule has 1 aromatic carbocycles. The fraction of sp³-hybridized carbons (Fsp3) is 0.667. The lowest BCUT2D eigenvalue weighted by atomic mass is 9.96. The van der Waals surface area contributed by atoms with Crippen LogP contribution in [0, 0.1) is 5.92 Å². The summed E-state index contributed by atoms with van der Waals surface area (Å²) in [6.45, 7) is 5.79. The quantitative estimate of drug-likeness (QED) is 0.0260. The molecule has 1 aliphatic rings. The van der Waals surface area contributed by atoms with Gasteiger partial charge in [-0.3, -0.25) is 24.0 Å². The SMILES string of the molecule is CCCOCCOCC(=O)N[C@@H](CCCCNC(=O)[C@H](C)CC(=O)c1cc(COC(C)=O)ccc1O[C@@H]1O[C@H](C(=O)O)[C@@H](O)[C@H](O)[C@H]1O)C(=O)CCCON. The summed E-state index contributed by atoms with van der Waals surface area (Å²) < 4.78 is 26.5. The van der Waals surface area contributed by atoms with Gasteiger partial charge in [-0.25, -0.2) is 10.7 Å². The number of aliphatic carboxylic acids is 1. The molecule has 1 saturated heterocycles. The second kappa shape index (κ2) is 25.2. The lowest BCUT2D eigenvalue weighted by Crippen LogP contribution is -2.61. The highest BCUT2D eigenvalue weighted by Gasteiger charge is 2.48. The van der Waals surface area contributed by atoms with Crippen molar-refractivity contribution in [2.24, 2.45) is 11.8 Å². The highest BCUT2D eigenvalue weighted by atomic mass is 16.7. The predicted molar refractivity (Wildman–Crippen MR) is 190 cm³/mol. The summed E-state index contributed by atoms with van der Waals surface area (Å²) in [6, 6.07) is 3.29. The van der Waals surface area contributed by atoms with Crippen LogP contribution in [0.5, 0.6) is 5.75 Å². The summed E-state index contributed by atoms with van der Waals surface area (Å²) in [7, 11) is 0. The molecule has 1 aromatic rings. The average Bonchev–Trinajstić information content (AvgIpc) is 3.14. The first kappa shape index (κ1) is 47.1. The van der Waals surface area contributed by atoms with Crippen molar-refractivity contribution < 1.29 is 77.7 Å². The van der Waals surface area contributed by atoms with Crippen LogP contribution in [0.1, 0.15) is 81.6 Å². The molecule has 0 bridgehead atoms. The van der Waals surface area contributed by atoms with Crippen LogP contribution in [-0.4, -0.2) is 132 Å². The van der Waals surface area contributed by atoms with Crippen LogP contribution in [0.2, 0.25) is 0 Å².